The highest BCUT2D eigenvalue weighted by atomic mass is 35.5. The molecule has 0 saturated heterocycles. The number of hydrogen-bond donors (Lipinski definition) is 1. The van der Waals surface area contributed by atoms with Crippen LogP contribution in [-0.4, -0.2) is 43.2 Å². The monoisotopic (exact) mass is 354 g/mol. The van der Waals surface area contributed by atoms with Crippen LogP contribution < -0.4 is 10.5 Å². The van der Waals surface area contributed by atoms with Gasteiger partial charge in [-0.25, -0.2) is 0 Å². The minimum Gasteiger partial charge on any atom is -0.496 e. The van der Waals surface area contributed by atoms with Crippen LogP contribution in [0.15, 0.2) is 18.2 Å². The van der Waals surface area contributed by atoms with Gasteiger partial charge in [0.25, 0.3) is 0 Å². The number of ether oxygens (including phenoxy) is 2. The van der Waals surface area contributed by atoms with Crippen molar-refractivity contribution in [1.29, 1.82) is 0 Å². The molecule has 2 unspecified atom stereocenters. The standard InChI is InChI=1S/C18H27ClN2O3/c1-6-24-15-10-18(20,17(15,2)3)16(22)21(4)11-12-9-13(19)7-8-14(12)23-5/h7-9,15H,6,10-11,20H2,1-5H3. The Hall–Kier alpha value is -1.30. The Morgan fingerprint density at radius 2 is 2.12 bits per heavy atom. The summed E-state index contributed by atoms with van der Waals surface area (Å²) < 4.78 is 11.0. The summed E-state index contributed by atoms with van der Waals surface area (Å²) in [5.41, 5.74) is 5.99. The van der Waals surface area contributed by atoms with Crippen LogP contribution in [0.3, 0.4) is 0 Å². The molecule has 0 bridgehead atoms. The molecule has 0 radical (unpaired) electrons. The van der Waals surface area contributed by atoms with E-state index in [1.54, 1.807) is 31.2 Å². The average Bonchev–Trinajstić information content (AvgIpc) is 2.53. The lowest BCUT2D eigenvalue weighted by molar-refractivity contribution is -0.178. The normalized spacial score (nSPS) is 25.0. The number of hydrogen-bond acceptors (Lipinski definition) is 4. The van der Waals surface area contributed by atoms with Gasteiger partial charge in [0.1, 0.15) is 11.3 Å². The first-order valence-corrected chi connectivity index (χ1v) is 8.53. The number of rotatable bonds is 6. The topological polar surface area (TPSA) is 64.8 Å². The van der Waals surface area contributed by atoms with Crippen LogP contribution in [-0.2, 0) is 16.1 Å². The van der Waals surface area contributed by atoms with Crippen molar-refractivity contribution in [3.05, 3.63) is 28.8 Å². The summed E-state index contributed by atoms with van der Waals surface area (Å²) in [6.07, 6.45) is 0.537. The number of carbonyl (C=O) groups excluding carboxylic acids is 1. The van der Waals surface area contributed by atoms with Crippen molar-refractivity contribution in [2.24, 2.45) is 11.1 Å². The molecule has 134 valence electrons. The fourth-order valence-electron chi connectivity index (χ4n) is 3.34. The average molecular weight is 355 g/mol. The molecule has 2 atom stereocenters. The van der Waals surface area contributed by atoms with E-state index in [2.05, 4.69) is 0 Å². The Balaban J connectivity index is 2.15. The van der Waals surface area contributed by atoms with Gasteiger partial charge in [0.15, 0.2) is 0 Å². The van der Waals surface area contributed by atoms with Gasteiger partial charge in [0.2, 0.25) is 5.91 Å². The summed E-state index contributed by atoms with van der Waals surface area (Å²) in [5, 5.41) is 0.606. The number of carbonyl (C=O) groups is 1. The highest BCUT2D eigenvalue weighted by Gasteiger charge is 2.63. The third-order valence-electron chi connectivity index (χ3n) is 5.21. The Morgan fingerprint density at radius 1 is 1.46 bits per heavy atom. The van der Waals surface area contributed by atoms with Gasteiger partial charge in [-0.3, -0.25) is 4.79 Å². The first-order chi connectivity index (χ1) is 11.2. The van der Waals surface area contributed by atoms with E-state index in [1.807, 2.05) is 26.8 Å². The number of likely N-dealkylation sites (N-methyl/N-ethyl adjacent to an activating group) is 1. The Morgan fingerprint density at radius 3 is 2.67 bits per heavy atom. The number of nitrogens with zero attached hydrogens (tertiary/aromatic N) is 1. The number of amides is 1. The molecule has 0 aliphatic heterocycles. The van der Waals surface area contributed by atoms with Gasteiger partial charge in [0.05, 0.1) is 13.2 Å². The molecular formula is C18H27ClN2O3. The molecule has 24 heavy (non-hydrogen) atoms. The lowest BCUT2D eigenvalue weighted by Crippen LogP contribution is -2.75. The molecule has 1 amide bonds. The van der Waals surface area contributed by atoms with Gasteiger partial charge in [-0.05, 0) is 25.1 Å². The second-order valence-corrected chi connectivity index (χ2v) is 7.39. The second kappa shape index (κ2) is 6.90. The summed E-state index contributed by atoms with van der Waals surface area (Å²) in [7, 11) is 3.35. The number of methoxy groups -OCH3 is 1. The first kappa shape index (κ1) is 19.0. The van der Waals surface area contributed by atoms with E-state index in [1.165, 1.54) is 0 Å². The first-order valence-electron chi connectivity index (χ1n) is 8.15. The van der Waals surface area contributed by atoms with Crippen molar-refractivity contribution in [1.82, 2.24) is 4.90 Å². The fraction of sp³-hybridized carbons (Fsp3) is 0.611. The van der Waals surface area contributed by atoms with E-state index in [0.717, 1.165) is 5.56 Å². The molecule has 1 aromatic carbocycles. The SMILES string of the molecule is CCOC1CC(N)(C(=O)N(C)Cc2cc(Cl)ccc2OC)C1(C)C. The molecule has 1 aliphatic carbocycles. The van der Waals surface area contributed by atoms with E-state index < -0.39 is 11.0 Å². The van der Waals surface area contributed by atoms with E-state index in [9.17, 15) is 4.79 Å². The van der Waals surface area contributed by atoms with Crippen molar-refractivity contribution in [2.45, 2.75) is 45.4 Å². The fourth-order valence-corrected chi connectivity index (χ4v) is 3.53. The maximum absolute atomic E-state index is 13.0. The van der Waals surface area contributed by atoms with Crippen LogP contribution in [0.1, 0.15) is 32.8 Å². The van der Waals surface area contributed by atoms with Crippen LogP contribution in [0.25, 0.3) is 0 Å². The number of benzene rings is 1. The lowest BCUT2D eigenvalue weighted by atomic mass is 9.54. The van der Waals surface area contributed by atoms with Crippen LogP contribution >= 0.6 is 11.6 Å². The van der Waals surface area contributed by atoms with Crippen molar-refractivity contribution >= 4 is 17.5 Å². The molecule has 2 rings (SSSR count). The summed E-state index contributed by atoms with van der Waals surface area (Å²) >= 11 is 6.06. The van der Waals surface area contributed by atoms with Crippen LogP contribution in [0.4, 0.5) is 0 Å². The molecule has 0 spiro atoms. The number of nitrogens with two attached hydrogens (primary N) is 1. The number of halogens is 1. The zero-order valence-corrected chi connectivity index (χ0v) is 15.8. The van der Waals surface area contributed by atoms with E-state index >= 15 is 0 Å². The predicted octanol–water partition coefficient (Wildman–Crippen LogP) is 2.84. The third-order valence-corrected chi connectivity index (χ3v) is 5.44. The molecule has 0 aromatic heterocycles. The molecule has 1 aliphatic rings. The molecule has 1 aromatic rings. The van der Waals surface area contributed by atoms with Crippen molar-refractivity contribution in [2.75, 3.05) is 20.8 Å². The van der Waals surface area contributed by atoms with E-state index in [4.69, 9.17) is 26.8 Å². The molecule has 5 nitrogen and oxygen atoms in total. The highest BCUT2D eigenvalue weighted by Crippen LogP contribution is 2.50. The quantitative estimate of drug-likeness (QED) is 0.853. The van der Waals surface area contributed by atoms with Gasteiger partial charge in [-0.2, -0.15) is 0 Å². The third kappa shape index (κ3) is 3.13. The van der Waals surface area contributed by atoms with Crippen molar-refractivity contribution < 1.29 is 14.3 Å². The largest absolute Gasteiger partial charge is 0.496 e. The lowest BCUT2D eigenvalue weighted by Gasteiger charge is -2.58. The van der Waals surface area contributed by atoms with Gasteiger partial charge in [0, 0.05) is 42.6 Å². The van der Waals surface area contributed by atoms with E-state index in [0.29, 0.717) is 30.3 Å². The summed E-state index contributed by atoms with van der Waals surface area (Å²) in [6, 6.07) is 5.37. The summed E-state index contributed by atoms with van der Waals surface area (Å²) in [4.78, 5) is 14.6. The van der Waals surface area contributed by atoms with Gasteiger partial charge in [-0.1, -0.05) is 25.4 Å². The van der Waals surface area contributed by atoms with Gasteiger partial charge >= 0.3 is 0 Å². The van der Waals surface area contributed by atoms with Gasteiger partial charge < -0.3 is 20.1 Å². The molecule has 6 heteroatoms. The summed E-state index contributed by atoms with van der Waals surface area (Å²) in [6.45, 7) is 6.93. The maximum atomic E-state index is 13.0. The Kier molecular flexibility index (Phi) is 5.47. The predicted molar refractivity (Wildman–Crippen MR) is 95.2 cm³/mol. The van der Waals surface area contributed by atoms with Crippen LogP contribution in [0.2, 0.25) is 5.02 Å². The maximum Gasteiger partial charge on any atom is 0.243 e. The van der Waals surface area contributed by atoms with E-state index in [-0.39, 0.29) is 12.0 Å². The summed E-state index contributed by atoms with van der Waals surface area (Å²) in [5.74, 6) is 0.607. The zero-order valence-electron chi connectivity index (χ0n) is 15.1. The smallest absolute Gasteiger partial charge is 0.243 e. The molecular weight excluding hydrogens is 328 g/mol. The van der Waals surface area contributed by atoms with Crippen molar-refractivity contribution in [3.8, 4) is 5.75 Å². The molecule has 0 heterocycles. The minimum absolute atomic E-state index is 0.00514. The van der Waals surface area contributed by atoms with Crippen LogP contribution in [0, 0.1) is 5.41 Å². The molecule has 1 saturated carbocycles. The molecule has 2 N–H and O–H groups in total. The minimum atomic E-state index is -0.923. The Bertz CT molecular complexity index is 620. The molecule has 1 fully saturated rings. The Labute approximate surface area is 149 Å². The van der Waals surface area contributed by atoms with Crippen molar-refractivity contribution in [3.63, 3.8) is 0 Å². The van der Waals surface area contributed by atoms with Crippen LogP contribution in [0.5, 0.6) is 5.75 Å². The van der Waals surface area contributed by atoms with Gasteiger partial charge in [-0.15, -0.1) is 0 Å². The second-order valence-electron chi connectivity index (χ2n) is 6.96. The highest BCUT2D eigenvalue weighted by molar-refractivity contribution is 6.30. The zero-order chi connectivity index (χ0) is 18.1.